The second-order valence-electron chi connectivity index (χ2n) is 3.43. The van der Waals surface area contributed by atoms with Gasteiger partial charge in [-0.05, 0) is 25.7 Å². The van der Waals surface area contributed by atoms with Gasteiger partial charge in [0.25, 0.3) is 0 Å². The zero-order chi connectivity index (χ0) is 9.56. The van der Waals surface area contributed by atoms with Crippen molar-refractivity contribution in [1.82, 2.24) is 0 Å². The number of rotatable bonds is 6. The predicted molar refractivity (Wildman–Crippen MR) is 53.2 cm³/mol. The van der Waals surface area contributed by atoms with Crippen molar-refractivity contribution in [3.63, 3.8) is 0 Å². The molecule has 0 fully saturated rings. The van der Waals surface area contributed by atoms with Crippen molar-refractivity contribution >= 4 is 5.78 Å². The molecule has 0 unspecified atom stereocenters. The summed E-state index contributed by atoms with van der Waals surface area (Å²) in [4.78, 5) is 11.8. The number of ketones is 1. The number of Topliss-reactive ketones (excluding diaryl/α,β-unsaturated/α-hetero) is 1. The Hall–Kier alpha value is -0.330. The summed E-state index contributed by atoms with van der Waals surface area (Å²) in [5, 5.41) is 0. The van der Waals surface area contributed by atoms with Gasteiger partial charge in [-0.25, -0.2) is 0 Å². The first-order valence-corrected chi connectivity index (χ1v) is 5.24. The standard InChI is InChI=1S/C11H22O/c1-5-9(6-2)11(12)10(7-3)8-4/h9-10H,5-8H2,1-4H3. The van der Waals surface area contributed by atoms with Crippen LogP contribution in [-0.2, 0) is 4.79 Å². The molecule has 1 nitrogen and oxygen atoms in total. The van der Waals surface area contributed by atoms with E-state index in [1.165, 1.54) is 0 Å². The molecule has 0 heterocycles. The molecule has 0 aliphatic rings. The maximum Gasteiger partial charge on any atom is 0.138 e. The van der Waals surface area contributed by atoms with E-state index in [0.717, 1.165) is 25.7 Å². The van der Waals surface area contributed by atoms with E-state index < -0.39 is 0 Å². The molecule has 0 aliphatic heterocycles. The Morgan fingerprint density at radius 1 is 0.833 bits per heavy atom. The Bertz CT molecular complexity index is 107. The maximum atomic E-state index is 11.8. The average Bonchev–Trinajstić information content (AvgIpc) is 2.09. The summed E-state index contributed by atoms with van der Waals surface area (Å²) in [6, 6.07) is 0. The topological polar surface area (TPSA) is 17.1 Å². The van der Waals surface area contributed by atoms with E-state index in [-0.39, 0.29) is 0 Å². The summed E-state index contributed by atoms with van der Waals surface area (Å²) >= 11 is 0. The van der Waals surface area contributed by atoms with Crippen molar-refractivity contribution in [2.75, 3.05) is 0 Å². The van der Waals surface area contributed by atoms with Gasteiger partial charge < -0.3 is 0 Å². The molecule has 0 N–H and O–H groups in total. The molecule has 12 heavy (non-hydrogen) atoms. The van der Waals surface area contributed by atoms with Crippen LogP contribution in [0.4, 0.5) is 0 Å². The number of carbonyl (C=O) groups is 1. The molecule has 0 saturated carbocycles. The fourth-order valence-electron chi connectivity index (χ4n) is 1.72. The summed E-state index contributed by atoms with van der Waals surface area (Å²) in [7, 11) is 0. The van der Waals surface area contributed by atoms with Crippen molar-refractivity contribution in [3.8, 4) is 0 Å². The van der Waals surface area contributed by atoms with E-state index in [9.17, 15) is 4.79 Å². The monoisotopic (exact) mass is 170 g/mol. The van der Waals surface area contributed by atoms with Crippen molar-refractivity contribution in [1.29, 1.82) is 0 Å². The van der Waals surface area contributed by atoms with Gasteiger partial charge in [-0.2, -0.15) is 0 Å². The van der Waals surface area contributed by atoms with E-state index in [0.29, 0.717) is 17.6 Å². The molecule has 0 rings (SSSR count). The summed E-state index contributed by atoms with van der Waals surface area (Å²) in [5.41, 5.74) is 0. The third kappa shape index (κ3) is 2.96. The van der Waals surface area contributed by atoms with E-state index in [1.807, 2.05) is 0 Å². The Morgan fingerprint density at radius 2 is 1.08 bits per heavy atom. The van der Waals surface area contributed by atoms with Gasteiger partial charge in [0.05, 0.1) is 0 Å². The van der Waals surface area contributed by atoms with Crippen LogP contribution in [0.2, 0.25) is 0 Å². The minimum atomic E-state index is 0.315. The first-order valence-electron chi connectivity index (χ1n) is 5.24. The van der Waals surface area contributed by atoms with Gasteiger partial charge in [-0.1, -0.05) is 27.7 Å². The van der Waals surface area contributed by atoms with Crippen LogP contribution in [0, 0.1) is 11.8 Å². The van der Waals surface area contributed by atoms with Crippen LogP contribution < -0.4 is 0 Å². The van der Waals surface area contributed by atoms with Crippen LogP contribution in [0.5, 0.6) is 0 Å². The molecule has 0 aromatic carbocycles. The van der Waals surface area contributed by atoms with Crippen LogP contribution in [0.15, 0.2) is 0 Å². The minimum Gasteiger partial charge on any atom is -0.299 e. The van der Waals surface area contributed by atoms with E-state index in [1.54, 1.807) is 0 Å². The van der Waals surface area contributed by atoms with Gasteiger partial charge in [0.2, 0.25) is 0 Å². The van der Waals surface area contributed by atoms with Crippen molar-refractivity contribution in [2.45, 2.75) is 53.4 Å². The first kappa shape index (κ1) is 11.7. The number of hydrogen-bond acceptors (Lipinski definition) is 1. The third-order valence-corrected chi connectivity index (χ3v) is 2.78. The highest BCUT2D eigenvalue weighted by atomic mass is 16.1. The van der Waals surface area contributed by atoms with E-state index in [4.69, 9.17) is 0 Å². The highest BCUT2D eigenvalue weighted by Crippen LogP contribution is 2.19. The Balaban J connectivity index is 4.12. The van der Waals surface area contributed by atoms with Crippen molar-refractivity contribution in [3.05, 3.63) is 0 Å². The summed E-state index contributed by atoms with van der Waals surface area (Å²) < 4.78 is 0. The SMILES string of the molecule is CCC(CC)C(=O)C(CC)CC. The summed E-state index contributed by atoms with van der Waals surface area (Å²) in [6.07, 6.45) is 4.02. The molecule has 0 aromatic rings. The zero-order valence-corrected chi connectivity index (χ0v) is 8.89. The lowest BCUT2D eigenvalue weighted by Gasteiger charge is -2.17. The van der Waals surface area contributed by atoms with Gasteiger partial charge in [0, 0.05) is 11.8 Å². The number of hydrogen-bond donors (Lipinski definition) is 0. The fourth-order valence-corrected chi connectivity index (χ4v) is 1.72. The van der Waals surface area contributed by atoms with Crippen LogP contribution in [0.1, 0.15) is 53.4 Å². The normalized spacial score (nSPS) is 11.2. The average molecular weight is 170 g/mol. The lowest BCUT2D eigenvalue weighted by atomic mass is 9.86. The molecule has 0 radical (unpaired) electrons. The molecular weight excluding hydrogens is 148 g/mol. The Morgan fingerprint density at radius 3 is 1.25 bits per heavy atom. The quantitative estimate of drug-likeness (QED) is 0.597. The smallest absolute Gasteiger partial charge is 0.138 e. The van der Waals surface area contributed by atoms with Crippen LogP contribution >= 0.6 is 0 Å². The summed E-state index contributed by atoms with van der Waals surface area (Å²) in [6.45, 7) is 8.42. The maximum absolute atomic E-state index is 11.8. The number of carbonyl (C=O) groups excluding carboxylic acids is 1. The Kier molecular flexibility index (Phi) is 6.04. The van der Waals surface area contributed by atoms with Crippen LogP contribution in [0.25, 0.3) is 0 Å². The van der Waals surface area contributed by atoms with Crippen molar-refractivity contribution < 1.29 is 4.79 Å². The molecular formula is C11H22O. The van der Waals surface area contributed by atoms with Crippen molar-refractivity contribution in [2.24, 2.45) is 11.8 Å². The molecule has 0 aromatic heterocycles. The largest absolute Gasteiger partial charge is 0.299 e. The Labute approximate surface area is 76.6 Å². The lowest BCUT2D eigenvalue weighted by Crippen LogP contribution is -2.21. The molecule has 0 spiro atoms. The molecule has 0 saturated heterocycles. The minimum absolute atomic E-state index is 0.315. The molecule has 1 heteroatoms. The second-order valence-corrected chi connectivity index (χ2v) is 3.43. The molecule has 72 valence electrons. The van der Waals surface area contributed by atoms with Crippen LogP contribution in [-0.4, -0.2) is 5.78 Å². The molecule has 0 amide bonds. The molecule has 0 aliphatic carbocycles. The van der Waals surface area contributed by atoms with E-state index >= 15 is 0 Å². The lowest BCUT2D eigenvalue weighted by molar-refractivity contribution is -0.127. The summed E-state index contributed by atoms with van der Waals surface area (Å²) in [5.74, 6) is 1.12. The van der Waals surface area contributed by atoms with Gasteiger partial charge in [-0.15, -0.1) is 0 Å². The fraction of sp³-hybridized carbons (Fsp3) is 0.909. The van der Waals surface area contributed by atoms with Gasteiger partial charge >= 0.3 is 0 Å². The van der Waals surface area contributed by atoms with E-state index in [2.05, 4.69) is 27.7 Å². The first-order chi connectivity index (χ1) is 5.71. The second kappa shape index (κ2) is 6.22. The third-order valence-electron chi connectivity index (χ3n) is 2.78. The molecule has 0 bridgehead atoms. The zero-order valence-electron chi connectivity index (χ0n) is 8.89. The highest BCUT2D eigenvalue weighted by Gasteiger charge is 2.21. The van der Waals surface area contributed by atoms with Crippen LogP contribution in [0.3, 0.4) is 0 Å². The van der Waals surface area contributed by atoms with Gasteiger partial charge in [-0.3, -0.25) is 4.79 Å². The van der Waals surface area contributed by atoms with Gasteiger partial charge in [0.15, 0.2) is 0 Å². The highest BCUT2D eigenvalue weighted by molar-refractivity contribution is 5.83. The predicted octanol–water partition coefficient (Wildman–Crippen LogP) is 3.43. The van der Waals surface area contributed by atoms with Gasteiger partial charge in [0.1, 0.15) is 5.78 Å². The molecule has 0 atom stereocenters.